The van der Waals surface area contributed by atoms with Gasteiger partial charge in [0.2, 0.25) is 10.0 Å². The highest BCUT2D eigenvalue weighted by Gasteiger charge is 2.29. The highest BCUT2D eigenvalue weighted by Crippen LogP contribution is 2.26. The van der Waals surface area contributed by atoms with Crippen LogP contribution in [0.2, 0.25) is 0 Å². The maximum Gasteiger partial charge on any atom is 0.242 e. The second-order valence-electron chi connectivity index (χ2n) is 5.51. The van der Waals surface area contributed by atoms with Crippen molar-refractivity contribution in [2.75, 3.05) is 25.5 Å². The lowest BCUT2D eigenvalue weighted by Crippen LogP contribution is -2.41. The fraction of sp³-hybridized carbons (Fsp3) is 0.643. The smallest absolute Gasteiger partial charge is 0.242 e. The van der Waals surface area contributed by atoms with E-state index in [1.807, 2.05) is 20.9 Å². The average molecular weight is 312 g/mol. The zero-order chi connectivity index (χ0) is 15.5. The predicted octanol–water partition coefficient (Wildman–Crippen LogP) is 1.27. The zero-order valence-electron chi connectivity index (χ0n) is 12.8. The lowest BCUT2D eigenvalue weighted by atomic mass is 10.3. The van der Waals surface area contributed by atoms with Crippen molar-refractivity contribution in [3.63, 3.8) is 0 Å². The van der Waals surface area contributed by atoms with Crippen LogP contribution in [0.1, 0.15) is 26.7 Å². The largest absolute Gasteiger partial charge is 0.370 e. The third kappa shape index (κ3) is 4.39. The topological polar surface area (TPSA) is 74.3 Å². The Morgan fingerprint density at radius 2 is 2.14 bits per heavy atom. The molecule has 21 heavy (non-hydrogen) atoms. The highest BCUT2D eigenvalue weighted by molar-refractivity contribution is 7.89. The summed E-state index contributed by atoms with van der Waals surface area (Å²) < 4.78 is 27.1. The molecule has 1 aliphatic rings. The summed E-state index contributed by atoms with van der Waals surface area (Å²) in [6, 6.07) is 4.05. The average Bonchev–Trinajstić information content (AvgIpc) is 3.29. The lowest BCUT2D eigenvalue weighted by molar-refractivity contribution is 0.248. The monoisotopic (exact) mass is 312 g/mol. The Balaban J connectivity index is 1.94. The van der Waals surface area contributed by atoms with Crippen molar-refractivity contribution in [3.8, 4) is 0 Å². The van der Waals surface area contributed by atoms with E-state index < -0.39 is 10.0 Å². The van der Waals surface area contributed by atoms with Gasteiger partial charge < -0.3 is 5.32 Å². The van der Waals surface area contributed by atoms with Crippen molar-refractivity contribution >= 4 is 15.8 Å². The minimum absolute atomic E-state index is 0.182. The molecule has 1 aliphatic carbocycles. The molecule has 0 radical (unpaired) electrons. The molecule has 0 spiro atoms. The molecule has 2 rings (SSSR count). The number of nitrogens with zero attached hydrogens (tertiary/aromatic N) is 2. The minimum Gasteiger partial charge on any atom is -0.370 e. The maximum absolute atomic E-state index is 12.2. The van der Waals surface area contributed by atoms with Gasteiger partial charge in [-0.15, -0.1) is 0 Å². The van der Waals surface area contributed by atoms with Gasteiger partial charge in [0.05, 0.1) is 0 Å². The number of rotatable bonds is 8. The number of pyridine rings is 1. The van der Waals surface area contributed by atoms with Crippen LogP contribution < -0.4 is 10.0 Å². The fourth-order valence-corrected chi connectivity index (χ4v) is 3.19. The van der Waals surface area contributed by atoms with Crippen LogP contribution in [0, 0.1) is 0 Å². The van der Waals surface area contributed by atoms with Gasteiger partial charge >= 0.3 is 0 Å². The Hall–Kier alpha value is -1.18. The number of hydrogen-bond donors (Lipinski definition) is 2. The quantitative estimate of drug-likeness (QED) is 0.756. The van der Waals surface area contributed by atoms with E-state index in [0.29, 0.717) is 18.4 Å². The van der Waals surface area contributed by atoms with E-state index in [0.717, 1.165) is 6.54 Å². The summed E-state index contributed by atoms with van der Waals surface area (Å²) in [7, 11) is -1.45. The zero-order valence-corrected chi connectivity index (χ0v) is 13.7. The fourth-order valence-electron chi connectivity index (χ4n) is 2.12. The number of hydrogen-bond acceptors (Lipinski definition) is 5. The van der Waals surface area contributed by atoms with Gasteiger partial charge in [0.1, 0.15) is 10.7 Å². The van der Waals surface area contributed by atoms with Gasteiger partial charge in [-0.05, 0) is 45.9 Å². The Morgan fingerprint density at radius 1 is 1.43 bits per heavy atom. The second kappa shape index (κ2) is 6.72. The van der Waals surface area contributed by atoms with E-state index in [-0.39, 0.29) is 10.9 Å². The molecule has 1 atom stereocenters. The summed E-state index contributed by atoms with van der Waals surface area (Å²) in [6.07, 6.45) is 3.81. The number of sulfonamides is 1. The van der Waals surface area contributed by atoms with Gasteiger partial charge in [-0.25, -0.2) is 18.1 Å². The summed E-state index contributed by atoms with van der Waals surface area (Å²) >= 11 is 0. The van der Waals surface area contributed by atoms with Crippen molar-refractivity contribution in [1.82, 2.24) is 14.6 Å². The van der Waals surface area contributed by atoms with E-state index in [1.54, 1.807) is 12.1 Å². The molecule has 1 saturated carbocycles. The second-order valence-corrected chi connectivity index (χ2v) is 7.27. The molecule has 0 bridgehead atoms. The maximum atomic E-state index is 12.2. The molecule has 7 heteroatoms. The summed E-state index contributed by atoms with van der Waals surface area (Å²) in [4.78, 5) is 6.53. The van der Waals surface area contributed by atoms with Gasteiger partial charge in [-0.3, -0.25) is 4.90 Å². The van der Waals surface area contributed by atoms with Gasteiger partial charge in [-0.2, -0.15) is 0 Å². The van der Waals surface area contributed by atoms with E-state index in [4.69, 9.17) is 0 Å². The van der Waals surface area contributed by atoms with Gasteiger partial charge in [-0.1, -0.05) is 0 Å². The number of anilines is 1. The van der Waals surface area contributed by atoms with Crippen LogP contribution in [0.4, 0.5) is 5.82 Å². The van der Waals surface area contributed by atoms with Gasteiger partial charge in [0, 0.05) is 31.4 Å². The van der Waals surface area contributed by atoms with E-state index >= 15 is 0 Å². The molecule has 2 N–H and O–H groups in total. The van der Waals surface area contributed by atoms with Crippen molar-refractivity contribution in [2.24, 2.45) is 0 Å². The van der Waals surface area contributed by atoms with Crippen LogP contribution in [0.3, 0.4) is 0 Å². The Morgan fingerprint density at radius 3 is 2.67 bits per heavy atom. The van der Waals surface area contributed by atoms with Gasteiger partial charge in [0.15, 0.2) is 0 Å². The van der Waals surface area contributed by atoms with Crippen LogP contribution in [0.25, 0.3) is 0 Å². The molecule has 1 aromatic rings. The van der Waals surface area contributed by atoms with Crippen LogP contribution in [0.5, 0.6) is 0 Å². The normalized spacial score (nSPS) is 17.0. The lowest BCUT2D eigenvalue weighted by Gasteiger charge is -2.24. The number of likely N-dealkylation sites (N-methyl/N-ethyl adjacent to an activating group) is 1. The molecule has 1 unspecified atom stereocenters. The molecule has 0 aliphatic heterocycles. The molecule has 6 nitrogen and oxygen atoms in total. The van der Waals surface area contributed by atoms with E-state index in [2.05, 4.69) is 19.9 Å². The van der Waals surface area contributed by atoms with Crippen molar-refractivity contribution in [2.45, 2.75) is 43.7 Å². The molecule has 1 aromatic heterocycles. The number of nitrogens with one attached hydrogen (secondary N) is 2. The summed E-state index contributed by atoms with van der Waals surface area (Å²) in [5.74, 6) is 0.679. The van der Waals surface area contributed by atoms with Gasteiger partial charge in [0.25, 0.3) is 0 Å². The first-order chi connectivity index (χ1) is 9.94. The molecule has 0 amide bonds. The van der Waals surface area contributed by atoms with E-state index in [9.17, 15) is 8.42 Å². The minimum atomic E-state index is -3.49. The van der Waals surface area contributed by atoms with Crippen LogP contribution in [-0.2, 0) is 10.0 Å². The van der Waals surface area contributed by atoms with Crippen LogP contribution in [0.15, 0.2) is 23.2 Å². The van der Waals surface area contributed by atoms with Crippen LogP contribution in [-0.4, -0.2) is 50.5 Å². The standard InChI is InChI=1S/C14H24N4O2S/c1-4-15-14-8-7-13(10-16-14)21(19,20)17-9-11(2)18(3)12-5-6-12/h7-8,10-12,17H,4-6,9H2,1-3H3,(H,15,16). The van der Waals surface area contributed by atoms with Crippen LogP contribution >= 0.6 is 0 Å². The molecular weight excluding hydrogens is 288 g/mol. The molecular formula is C14H24N4O2S. The third-order valence-electron chi connectivity index (χ3n) is 3.79. The number of aromatic nitrogens is 1. The Kier molecular flexibility index (Phi) is 5.18. The molecule has 0 saturated heterocycles. The predicted molar refractivity (Wildman–Crippen MR) is 83.8 cm³/mol. The summed E-state index contributed by atoms with van der Waals surface area (Å²) in [5, 5.41) is 3.04. The van der Waals surface area contributed by atoms with E-state index in [1.165, 1.54) is 19.0 Å². The highest BCUT2D eigenvalue weighted by atomic mass is 32.2. The first kappa shape index (κ1) is 16.2. The Bertz CT molecular complexity index is 555. The first-order valence-electron chi connectivity index (χ1n) is 7.35. The summed E-state index contributed by atoms with van der Waals surface area (Å²) in [5.41, 5.74) is 0. The first-order valence-corrected chi connectivity index (χ1v) is 8.84. The van der Waals surface area contributed by atoms with Crippen molar-refractivity contribution < 1.29 is 8.42 Å². The van der Waals surface area contributed by atoms with Crippen molar-refractivity contribution in [3.05, 3.63) is 18.3 Å². The third-order valence-corrected chi connectivity index (χ3v) is 5.20. The molecule has 0 aromatic carbocycles. The molecule has 118 valence electrons. The Labute approximate surface area is 127 Å². The molecule has 1 fully saturated rings. The SMILES string of the molecule is CCNc1ccc(S(=O)(=O)NCC(C)N(C)C2CC2)cn1. The summed E-state index contributed by atoms with van der Waals surface area (Å²) in [6.45, 7) is 5.16. The van der Waals surface area contributed by atoms with Crippen molar-refractivity contribution in [1.29, 1.82) is 0 Å². The molecule has 1 heterocycles.